The summed E-state index contributed by atoms with van der Waals surface area (Å²) in [6.07, 6.45) is -5.43. The Balaban J connectivity index is 2.36. The molecule has 2 aliphatic rings. The highest BCUT2D eigenvalue weighted by molar-refractivity contribution is 5.92. The highest BCUT2D eigenvalue weighted by Gasteiger charge is 2.69. The molecule has 0 aliphatic heterocycles. The third-order valence-corrected chi connectivity index (χ3v) is 9.60. The van der Waals surface area contributed by atoms with Crippen molar-refractivity contribution in [2.24, 2.45) is 23.2 Å². The molecule has 0 aromatic heterocycles. The van der Waals surface area contributed by atoms with Gasteiger partial charge in [0.25, 0.3) is 0 Å². The standard InChI is InChI=1S/C41H54O15/c1-22(2)19-50-33-24(4)32(52-25(5)42)31-36(55-30(46)20-51-38(48)29-15-13-12-14-16-29)40(11,56-28(8)45)21-41(31,49)35(47)23(3)17-18-39(9,10)37(54-27(7)44)34(33)53-26(6)43/h12-18,22-23,31-34,36-37,49H,4,19-21H2,1-3,5-11H3/b18-17+/t23-,31-,32-,33-,34+,36+,37+,40+,41+/m0/s1. The van der Waals surface area contributed by atoms with Crippen molar-refractivity contribution in [3.63, 3.8) is 0 Å². The largest absolute Gasteiger partial charge is 0.458 e. The van der Waals surface area contributed by atoms with Crippen molar-refractivity contribution in [1.82, 2.24) is 0 Å². The molecule has 0 heterocycles. The molecule has 308 valence electrons. The van der Waals surface area contributed by atoms with Crippen LogP contribution >= 0.6 is 0 Å². The van der Waals surface area contributed by atoms with Crippen LogP contribution in [0.2, 0.25) is 0 Å². The number of carbonyl (C=O) groups excluding carboxylic acids is 7. The molecule has 0 amide bonds. The van der Waals surface area contributed by atoms with Crippen molar-refractivity contribution in [2.45, 2.75) is 117 Å². The second-order valence-electron chi connectivity index (χ2n) is 15.6. The van der Waals surface area contributed by atoms with E-state index in [1.807, 2.05) is 13.8 Å². The Morgan fingerprint density at radius 2 is 1.43 bits per heavy atom. The van der Waals surface area contributed by atoms with E-state index in [0.29, 0.717) is 0 Å². The fourth-order valence-corrected chi connectivity index (χ4v) is 7.32. The summed E-state index contributed by atoms with van der Waals surface area (Å²) in [5.74, 6) is -9.23. The SMILES string of the molecule is C=C1[C@H](OCC(C)C)[C@@H](OC(C)=O)[C@@H](OC(C)=O)C(C)(C)/C=C/[C@H](C)C(=O)[C@@]2(O)C[C@@](C)(OC(C)=O)[C@H](OC(=O)COC(=O)c3ccccc3)[C@@H]2[C@H]1OC(C)=O. The van der Waals surface area contributed by atoms with Crippen LogP contribution in [0.3, 0.4) is 0 Å². The van der Waals surface area contributed by atoms with E-state index in [0.717, 1.165) is 27.7 Å². The maximum Gasteiger partial charge on any atom is 0.344 e. The number of ketones is 1. The van der Waals surface area contributed by atoms with E-state index in [1.54, 1.807) is 38.1 Å². The zero-order chi connectivity index (χ0) is 42.3. The maximum atomic E-state index is 14.6. The van der Waals surface area contributed by atoms with E-state index in [4.69, 9.17) is 33.2 Å². The van der Waals surface area contributed by atoms with Gasteiger partial charge in [0.05, 0.1) is 11.5 Å². The smallest absolute Gasteiger partial charge is 0.344 e. The lowest BCUT2D eigenvalue weighted by molar-refractivity contribution is -0.194. The fraction of sp³-hybridized carbons (Fsp3) is 0.585. The first kappa shape index (κ1) is 45.5. The van der Waals surface area contributed by atoms with E-state index < -0.39 is 114 Å². The summed E-state index contributed by atoms with van der Waals surface area (Å²) >= 11 is 0. The molecule has 0 bridgehead atoms. The Kier molecular flexibility index (Phi) is 14.9. The van der Waals surface area contributed by atoms with E-state index in [2.05, 4.69) is 6.58 Å². The predicted molar refractivity (Wildman–Crippen MR) is 197 cm³/mol. The van der Waals surface area contributed by atoms with Crippen LogP contribution in [0.4, 0.5) is 0 Å². The van der Waals surface area contributed by atoms with Gasteiger partial charge in [-0.1, -0.05) is 71.5 Å². The molecular formula is C41H54O15. The molecule has 56 heavy (non-hydrogen) atoms. The molecule has 15 nitrogen and oxygen atoms in total. The third-order valence-electron chi connectivity index (χ3n) is 9.60. The van der Waals surface area contributed by atoms with Gasteiger partial charge in [-0.2, -0.15) is 0 Å². The lowest BCUT2D eigenvalue weighted by Crippen LogP contribution is -2.58. The number of ether oxygens (including phenoxy) is 7. The monoisotopic (exact) mass is 786 g/mol. The van der Waals surface area contributed by atoms with Crippen molar-refractivity contribution < 1.29 is 71.8 Å². The summed E-state index contributed by atoms with van der Waals surface area (Å²) in [6, 6.07) is 7.81. The maximum absolute atomic E-state index is 14.6. The van der Waals surface area contributed by atoms with Crippen LogP contribution in [0.15, 0.2) is 54.6 Å². The Morgan fingerprint density at radius 1 is 0.839 bits per heavy atom. The lowest BCUT2D eigenvalue weighted by atomic mass is 9.72. The Hall–Kier alpha value is -4.89. The van der Waals surface area contributed by atoms with Crippen molar-refractivity contribution >= 4 is 41.6 Å². The van der Waals surface area contributed by atoms with Crippen LogP contribution < -0.4 is 0 Å². The van der Waals surface area contributed by atoms with Crippen LogP contribution in [0, 0.1) is 23.2 Å². The van der Waals surface area contributed by atoms with Crippen molar-refractivity contribution in [1.29, 1.82) is 0 Å². The van der Waals surface area contributed by atoms with E-state index in [9.17, 15) is 38.7 Å². The van der Waals surface area contributed by atoms with Gasteiger partial charge in [-0.05, 0) is 30.5 Å². The molecule has 0 saturated heterocycles. The highest BCUT2D eigenvalue weighted by Crippen LogP contribution is 2.52. The number of rotatable bonds is 11. The van der Waals surface area contributed by atoms with Gasteiger partial charge in [0.1, 0.15) is 29.5 Å². The number of esters is 6. The molecule has 1 N–H and O–H groups in total. The van der Waals surface area contributed by atoms with Gasteiger partial charge in [-0.25, -0.2) is 9.59 Å². The van der Waals surface area contributed by atoms with Gasteiger partial charge in [0.15, 0.2) is 24.6 Å². The van der Waals surface area contributed by atoms with Gasteiger partial charge in [-0.3, -0.25) is 24.0 Å². The molecule has 0 spiro atoms. The summed E-state index contributed by atoms with van der Waals surface area (Å²) in [7, 11) is 0. The summed E-state index contributed by atoms with van der Waals surface area (Å²) in [4.78, 5) is 92.0. The summed E-state index contributed by atoms with van der Waals surface area (Å²) in [5, 5.41) is 12.8. The third kappa shape index (κ3) is 10.9. The highest BCUT2D eigenvalue weighted by atomic mass is 16.6. The second kappa shape index (κ2) is 18.4. The quantitative estimate of drug-likeness (QED) is 0.191. The Morgan fingerprint density at radius 3 is 1.96 bits per heavy atom. The van der Waals surface area contributed by atoms with Crippen LogP contribution in [0.25, 0.3) is 0 Å². The molecular weight excluding hydrogens is 732 g/mol. The predicted octanol–water partition coefficient (Wildman–Crippen LogP) is 4.02. The molecule has 3 rings (SSSR count). The van der Waals surface area contributed by atoms with Gasteiger partial charge in [-0.15, -0.1) is 0 Å². The first-order valence-corrected chi connectivity index (χ1v) is 18.3. The minimum Gasteiger partial charge on any atom is -0.458 e. The second-order valence-corrected chi connectivity index (χ2v) is 15.6. The summed E-state index contributed by atoms with van der Waals surface area (Å²) in [6.45, 7) is 17.5. The van der Waals surface area contributed by atoms with Gasteiger partial charge >= 0.3 is 35.8 Å². The molecule has 15 heteroatoms. The number of benzene rings is 1. The number of allylic oxidation sites excluding steroid dienone is 1. The minimum atomic E-state index is -2.58. The zero-order valence-corrected chi connectivity index (χ0v) is 33.7. The molecule has 0 unspecified atom stereocenters. The fourth-order valence-electron chi connectivity index (χ4n) is 7.32. The van der Waals surface area contributed by atoms with Crippen molar-refractivity contribution in [3.8, 4) is 0 Å². The summed E-state index contributed by atoms with van der Waals surface area (Å²) in [5.41, 5.74) is -5.78. The van der Waals surface area contributed by atoms with Crippen molar-refractivity contribution in [2.75, 3.05) is 13.2 Å². The molecule has 1 aromatic rings. The molecule has 1 fully saturated rings. The molecule has 9 atom stereocenters. The first-order valence-electron chi connectivity index (χ1n) is 18.3. The number of carbonyl (C=O) groups is 7. The van der Waals surface area contributed by atoms with E-state index in [1.165, 1.54) is 32.1 Å². The van der Waals surface area contributed by atoms with Crippen LogP contribution in [-0.4, -0.2) is 102 Å². The van der Waals surface area contributed by atoms with Gasteiger partial charge in [0, 0.05) is 52.1 Å². The average Bonchev–Trinajstić information content (AvgIpc) is 3.30. The topological polar surface area (TPSA) is 204 Å². The molecule has 1 saturated carbocycles. The average molecular weight is 787 g/mol. The van der Waals surface area contributed by atoms with Crippen LogP contribution in [0.1, 0.15) is 86.0 Å². The van der Waals surface area contributed by atoms with E-state index >= 15 is 0 Å². The van der Waals surface area contributed by atoms with Crippen molar-refractivity contribution in [3.05, 3.63) is 60.2 Å². The normalized spacial score (nSPS) is 30.8. The lowest BCUT2D eigenvalue weighted by Gasteiger charge is -2.44. The first-order chi connectivity index (χ1) is 25.9. The van der Waals surface area contributed by atoms with Crippen LogP contribution in [-0.2, 0) is 61.9 Å². The van der Waals surface area contributed by atoms with Gasteiger partial charge < -0.3 is 38.3 Å². The zero-order valence-electron chi connectivity index (χ0n) is 33.7. The summed E-state index contributed by atoms with van der Waals surface area (Å²) < 4.78 is 40.7. The Labute approximate surface area is 327 Å². The Bertz CT molecular complexity index is 1700. The molecule has 1 aromatic carbocycles. The minimum absolute atomic E-state index is 0.00143. The number of hydrogen-bond donors (Lipinski definition) is 1. The van der Waals surface area contributed by atoms with Crippen LogP contribution in [0.5, 0.6) is 0 Å². The van der Waals surface area contributed by atoms with E-state index in [-0.39, 0.29) is 23.7 Å². The van der Waals surface area contributed by atoms with Gasteiger partial charge in [0.2, 0.25) is 0 Å². The number of Topliss-reactive ketones (excluding diaryl/α,β-unsaturated/α-hetero) is 1. The number of aliphatic hydroxyl groups is 1. The molecule has 0 radical (unpaired) electrons. The molecule has 2 aliphatic carbocycles. The number of hydrogen-bond acceptors (Lipinski definition) is 15. The number of fused-ring (bicyclic) bond motifs is 1.